The Morgan fingerprint density at radius 2 is 2.00 bits per heavy atom. The van der Waals surface area contributed by atoms with Crippen molar-refractivity contribution in [3.8, 4) is 0 Å². The van der Waals surface area contributed by atoms with Crippen LogP contribution in [0.15, 0.2) is 35.6 Å². The van der Waals surface area contributed by atoms with Crippen molar-refractivity contribution < 1.29 is 4.74 Å². The van der Waals surface area contributed by atoms with Crippen molar-refractivity contribution in [2.24, 2.45) is 4.99 Å². The Morgan fingerprint density at radius 1 is 1.23 bits per heavy atom. The Hall–Kier alpha value is -2.08. The number of fused-ring (bicyclic) bond motifs is 1. The minimum Gasteiger partial charge on any atom is -0.385 e. The van der Waals surface area contributed by atoms with Crippen LogP contribution in [0.4, 0.5) is 0 Å². The van der Waals surface area contributed by atoms with Crippen LogP contribution in [0.2, 0.25) is 0 Å². The fourth-order valence-electron chi connectivity index (χ4n) is 2.29. The highest BCUT2D eigenvalue weighted by Gasteiger charge is 2.01. The standard InChI is InChI=1S/C16H25N5O/c1-17-16(19-10-6-12-22-2)18-9-5-11-21-13-20-14-7-3-4-8-15(14)21/h3-4,7-8,13H,5-6,9-12H2,1-2H3,(H2,17,18,19). The first kappa shape index (κ1) is 16.3. The van der Waals surface area contributed by atoms with Gasteiger partial charge in [-0.3, -0.25) is 4.99 Å². The highest BCUT2D eigenvalue weighted by atomic mass is 16.5. The summed E-state index contributed by atoms with van der Waals surface area (Å²) < 4.78 is 7.21. The van der Waals surface area contributed by atoms with Crippen molar-refractivity contribution in [3.63, 3.8) is 0 Å². The van der Waals surface area contributed by atoms with Gasteiger partial charge in [0.15, 0.2) is 5.96 Å². The monoisotopic (exact) mass is 303 g/mol. The summed E-state index contributed by atoms with van der Waals surface area (Å²) in [6.45, 7) is 3.43. The van der Waals surface area contributed by atoms with Crippen LogP contribution in [0, 0.1) is 0 Å². The number of nitrogens with zero attached hydrogens (tertiary/aromatic N) is 3. The lowest BCUT2D eigenvalue weighted by Gasteiger charge is -2.12. The minimum absolute atomic E-state index is 0.762. The summed E-state index contributed by atoms with van der Waals surface area (Å²) >= 11 is 0. The van der Waals surface area contributed by atoms with Crippen molar-refractivity contribution in [3.05, 3.63) is 30.6 Å². The van der Waals surface area contributed by atoms with E-state index in [1.165, 1.54) is 5.52 Å². The molecule has 0 radical (unpaired) electrons. The van der Waals surface area contributed by atoms with Crippen molar-refractivity contribution >= 4 is 17.0 Å². The molecule has 0 fully saturated rings. The van der Waals surface area contributed by atoms with Crippen LogP contribution >= 0.6 is 0 Å². The van der Waals surface area contributed by atoms with E-state index in [1.54, 1.807) is 14.2 Å². The largest absolute Gasteiger partial charge is 0.385 e. The number of imidazole rings is 1. The van der Waals surface area contributed by atoms with Crippen LogP contribution in [0.5, 0.6) is 0 Å². The van der Waals surface area contributed by atoms with E-state index in [9.17, 15) is 0 Å². The van der Waals surface area contributed by atoms with Crippen LogP contribution in [0.25, 0.3) is 11.0 Å². The molecule has 22 heavy (non-hydrogen) atoms. The van der Waals surface area contributed by atoms with E-state index < -0.39 is 0 Å². The SMILES string of the molecule is CN=C(NCCCOC)NCCCn1cnc2ccccc21. The third-order valence-corrected chi connectivity index (χ3v) is 3.44. The van der Waals surface area contributed by atoms with Crippen molar-refractivity contribution in [2.45, 2.75) is 19.4 Å². The number of guanidine groups is 1. The van der Waals surface area contributed by atoms with E-state index in [0.29, 0.717) is 0 Å². The molecule has 0 aliphatic heterocycles. The molecular formula is C16H25N5O. The smallest absolute Gasteiger partial charge is 0.190 e. The van der Waals surface area contributed by atoms with Gasteiger partial charge in [0.05, 0.1) is 17.4 Å². The molecule has 1 heterocycles. The Labute approximate surface area is 131 Å². The molecule has 1 aromatic heterocycles. The normalized spacial score (nSPS) is 11.8. The van der Waals surface area contributed by atoms with E-state index in [1.807, 2.05) is 24.5 Å². The van der Waals surface area contributed by atoms with Crippen LogP contribution in [-0.4, -0.2) is 49.4 Å². The number of ether oxygens (including phenoxy) is 1. The van der Waals surface area contributed by atoms with Gasteiger partial charge in [0.1, 0.15) is 0 Å². The zero-order valence-electron chi connectivity index (χ0n) is 13.4. The van der Waals surface area contributed by atoms with Crippen LogP contribution in [-0.2, 0) is 11.3 Å². The molecule has 0 aliphatic carbocycles. The average molecular weight is 303 g/mol. The van der Waals surface area contributed by atoms with Gasteiger partial charge in [-0.25, -0.2) is 4.98 Å². The van der Waals surface area contributed by atoms with E-state index in [4.69, 9.17) is 4.74 Å². The number of hydrogen-bond acceptors (Lipinski definition) is 3. The summed E-state index contributed by atoms with van der Waals surface area (Å²) in [5, 5.41) is 6.59. The number of rotatable bonds is 8. The van der Waals surface area contributed by atoms with Crippen molar-refractivity contribution in [2.75, 3.05) is 33.9 Å². The number of hydrogen-bond donors (Lipinski definition) is 2. The Morgan fingerprint density at radius 3 is 2.77 bits per heavy atom. The summed E-state index contributed by atoms with van der Waals surface area (Å²) in [7, 11) is 3.50. The van der Waals surface area contributed by atoms with E-state index >= 15 is 0 Å². The van der Waals surface area contributed by atoms with Crippen molar-refractivity contribution in [1.82, 2.24) is 20.2 Å². The zero-order valence-corrected chi connectivity index (χ0v) is 13.4. The summed E-state index contributed by atoms with van der Waals surface area (Å²) in [6, 6.07) is 8.20. The van der Waals surface area contributed by atoms with Crippen molar-refractivity contribution in [1.29, 1.82) is 0 Å². The predicted octanol–water partition coefficient (Wildman–Crippen LogP) is 1.63. The molecule has 0 spiro atoms. The van der Waals surface area contributed by atoms with Gasteiger partial charge in [0.2, 0.25) is 0 Å². The molecule has 0 unspecified atom stereocenters. The van der Waals surface area contributed by atoms with Crippen LogP contribution in [0.3, 0.4) is 0 Å². The third-order valence-electron chi connectivity index (χ3n) is 3.44. The first-order chi connectivity index (χ1) is 10.8. The number of aromatic nitrogens is 2. The molecule has 0 amide bonds. The first-order valence-corrected chi connectivity index (χ1v) is 7.68. The number of aliphatic imine (C=N–C) groups is 1. The Bertz CT molecular complexity index is 593. The van der Waals surface area contributed by atoms with Gasteiger partial charge in [0, 0.05) is 40.4 Å². The Kier molecular flexibility index (Phi) is 6.70. The first-order valence-electron chi connectivity index (χ1n) is 7.68. The number of nitrogens with one attached hydrogen (secondary N) is 2. The number of aryl methyl sites for hydroxylation is 1. The van der Waals surface area contributed by atoms with Gasteiger partial charge in [-0.2, -0.15) is 0 Å². The van der Waals surface area contributed by atoms with Gasteiger partial charge >= 0.3 is 0 Å². The number of benzene rings is 1. The lowest BCUT2D eigenvalue weighted by atomic mass is 10.3. The molecule has 2 aromatic rings. The molecule has 0 saturated heterocycles. The maximum atomic E-state index is 5.02. The van der Waals surface area contributed by atoms with Gasteiger partial charge in [-0.1, -0.05) is 12.1 Å². The molecule has 1 aromatic carbocycles. The predicted molar refractivity (Wildman–Crippen MR) is 90.2 cm³/mol. The maximum Gasteiger partial charge on any atom is 0.190 e. The molecule has 0 bridgehead atoms. The van der Waals surface area contributed by atoms with Crippen LogP contribution < -0.4 is 10.6 Å². The van der Waals surface area contributed by atoms with E-state index in [0.717, 1.165) is 50.6 Å². The molecule has 6 nitrogen and oxygen atoms in total. The average Bonchev–Trinajstić information content (AvgIpc) is 2.97. The topological polar surface area (TPSA) is 63.5 Å². The maximum absolute atomic E-state index is 5.02. The fraction of sp³-hybridized carbons (Fsp3) is 0.500. The number of methoxy groups -OCH3 is 1. The highest BCUT2D eigenvalue weighted by Crippen LogP contribution is 2.11. The molecular weight excluding hydrogens is 278 g/mol. The molecule has 2 N–H and O–H groups in total. The lowest BCUT2D eigenvalue weighted by Crippen LogP contribution is -2.38. The minimum atomic E-state index is 0.762. The molecule has 6 heteroatoms. The zero-order chi connectivity index (χ0) is 15.6. The second-order valence-electron chi connectivity index (χ2n) is 5.05. The van der Waals surface area contributed by atoms with E-state index in [-0.39, 0.29) is 0 Å². The lowest BCUT2D eigenvalue weighted by molar-refractivity contribution is 0.195. The van der Waals surface area contributed by atoms with Gasteiger partial charge in [0.25, 0.3) is 0 Å². The molecule has 120 valence electrons. The summed E-state index contributed by atoms with van der Waals surface area (Å²) in [4.78, 5) is 8.61. The third kappa shape index (κ3) is 4.73. The van der Waals surface area contributed by atoms with Crippen LogP contribution in [0.1, 0.15) is 12.8 Å². The second kappa shape index (κ2) is 9.04. The highest BCUT2D eigenvalue weighted by molar-refractivity contribution is 5.79. The Balaban J connectivity index is 1.70. The quantitative estimate of drug-likeness (QED) is 0.442. The molecule has 0 aliphatic rings. The second-order valence-corrected chi connectivity index (χ2v) is 5.05. The summed E-state index contributed by atoms with van der Waals surface area (Å²) in [5.41, 5.74) is 2.23. The summed E-state index contributed by atoms with van der Waals surface area (Å²) in [6.07, 6.45) is 3.89. The van der Waals surface area contributed by atoms with Gasteiger partial charge < -0.3 is 19.9 Å². The van der Waals surface area contributed by atoms with E-state index in [2.05, 4.69) is 31.2 Å². The molecule has 0 saturated carbocycles. The molecule has 0 atom stereocenters. The fourth-order valence-corrected chi connectivity index (χ4v) is 2.29. The van der Waals surface area contributed by atoms with Gasteiger partial charge in [-0.05, 0) is 25.0 Å². The van der Waals surface area contributed by atoms with Gasteiger partial charge in [-0.15, -0.1) is 0 Å². The summed E-state index contributed by atoms with van der Waals surface area (Å²) in [5.74, 6) is 0.839. The molecule has 2 rings (SSSR count). The number of para-hydroxylation sites is 2.